The van der Waals surface area contributed by atoms with Gasteiger partial charge in [0, 0.05) is 18.7 Å². The van der Waals surface area contributed by atoms with E-state index in [-0.39, 0.29) is 6.03 Å². The molecule has 0 N–H and O–H groups in total. The minimum atomic E-state index is 0.0281. The van der Waals surface area contributed by atoms with Crippen LogP contribution in [0.3, 0.4) is 0 Å². The van der Waals surface area contributed by atoms with Crippen molar-refractivity contribution in [3.8, 4) is 0 Å². The molecular weight excluding hydrogens is 308 g/mol. The van der Waals surface area contributed by atoms with E-state index in [2.05, 4.69) is 29.4 Å². The molecule has 1 saturated heterocycles. The smallest absolute Gasteiger partial charge is 0.307 e. The Morgan fingerprint density at radius 2 is 1.87 bits per heavy atom. The summed E-state index contributed by atoms with van der Waals surface area (Å²) in [5, 5.41) is 0.949. The van der Waals surface area contributed by atoms with E-state index < -0.39 is 0 Å². The average Bonchev–Trinajstić information content (AvgIpc) is 2.82. The first-order valence-corrected chi connectivity index (χ1v) is 8.63. The first-order valence-electron chi connectivity index (χ1n) is 7.86. The van der Waals surface area contributed by atoms with Gasteiger partial charge < -0.3 is 4.90 Å². The van der Waals surface area contributed by atoms with Crippen LogP contribution in [0.4, 0.5) is 9.80 Å². The van der Waals surface area contributed by atoms with E-state index in [1.54, 1.807) is 0 Å². The number of rotatable bonds is 6. The monoisotopic (exact) mass is 334 g/mol. The van der Waals surface area contributed by atoms with Crippen molar-refractivity contribution in [1.29, 1.82) is 0 Å². The van der Waals surface area contributed by atoms with Crippen LogP contribution in [0.25, 0.3) is 0 Å². The molecule has 1 fully saturated rings. The fraction of sp³-hybridized carbons (Fsp3) is 0.529. The third-order valence-corrected chi connectivity index (χ3v) is 4.76. The van der Waals surface area contributed by atoms with Gasteiger partial charge in [-0.05, 0) is 38.7 Å². The maximum Gasteiger partial charge on any atom is 0.327 e. The predicted molar refractivity (Wildman–Crippen MR) is 96.9 cm³/mol. The van der Waals surface area contributed by atoms with E-state index in [4.69, 9.17) is 0 Å². The molecule has 0 atom stereocenters. The minimum Gasteiger partial charge on any atom is -0.307 e. The molecule has 5 nitrogen and oxygen atoms in total. The average molecular weight is 334 g/mol. The first kappa shape index (κ1) is 17.7. The molecule has 126 valence electrons. The van der Waals surface area contributed by atoms with Crippen LogP contribution in [0.1, 0.15) is 32.0 Å². The maximum absolute atomic E-state index is 12.9. The van der Waals surface area contributed by atoms with Crippen LogP contribution in [0.2, 0.25) is 0 Å². The standard InChI is InChI=1S/C17H26N4OS/c1-7-15-14(6)16(23-18-15)21-11-19(8-12(2)3)10-20(17(21)22)9-13(4)5/h2,4,7-11H2,1,3,5-6H3. The number of carbonyl (C=O) groups excluding carboxylic acids is 1. The Kier molecular flexibility index (Phi) is 5.59. The van der Waals surface area contributed by atoms with Crippen LogP contribution in [-0.4, -0.2) is 46.6 Å². The van der Waals surface area contributed by atoms with Crippen molar-refractivity contribution in [3.05, 3.63) is 35.6 Å². The lowest BCUT2D eigenvalue weighted by Crippen LogP contribution is -2.58. The Labute approximate surface area is 143 Å². The van der Waals surface area contributed by atoms with E-state index in [9.17, 15) is 4.79 Å². The van der Waals surface area contributed by atoms with Crippen LogP contribution in [0, 0.1) is 6.92 Å². The molecule has 0 bridgehead atoms. The lowest BCUT2D eigenvalue weighted by atomic mass is 10.2. The van der Waals surface area contributed by atoms with Gasteiger partial charge in [-0.15, -0.1) is 0 Å². The Hall–Kier alpha value is -1.66. The Morgan fingerprint density at radius 3 is 2.39 bits per heavy atom. The third kappa shape index (κ3) is 4.00. The number of amides is 2. The van der Waals surface area contributed by atoms with Gasteiger partial charge in [0.15, 0.2) is 0 Å². The second kappa shape index (κ2) is 7.27. The highest BCUT2D eigenvalue weighted by atomic mass is 32.1. The highest BCUT2D eigenvalue weighted by Crippen LogP contribution is 2.31. The maximum atomic E-state index is 12.9. The molecule has 2 heterocycles. The molecule has 1 aromatic rings. The van der Waals surface area contributed by atoms with Crippen LogP contribution >= 0.6 is 11.5 Å². The molecule has 23 heavy (non-hydrogen) atoms. The van der Waals surface area contributed by atoms with Crippen molar-refractivity contribution in [2.75, 3.05) is 31.3 Å². The fourth-order valence-corrected chi connectivity index (χ4v) is 3.75. The van der Waals surface area contributed by atoms with Gasteiger partial charge in [0.1, 0.15) is 5.00 Å². The minimum absolute atomic E-state index is 0.0281. The lowest BCUT2D eigenvalue weighted by molar-refractivity contribution is 0.127. The summed E-state index contributed by atoms with van der Waals surface area (Å²) in [6.45, 7) is 18.6. The van der Waals surface area contributed by atoms with Crippen molar-refractivity contribution in [2.45, 2.75) is 34.1 Å². The molecule has 0 spiro atoms. The molecule has 2 amide bonds. The van der Waals surface area contributed by atoms with Crippen molar-refractivity contribution in [2.24, 2.45) is 0 Å². The molecule has 2 rings (SSSR count). The normalized spacial score (nSPS) is 16.1. The summed E-state index contributed by atoms with van der Waals surface area (Å²) in [7, 11) is 0. The summed E-state index contributed by atoms with van der Waals surface area (Å²) in [5.41, 5.74) is 4.25. The number of urea groups is 1. The number of hydrogen-bond acceptors (Lipinski definition) is 4. The van der Waals surface area contributed by atoms with Gasteiger partial charge >= 0.3 is 6.03 Å². The summed E-state index contributed by atoms with van der Waals surface area (Å²) in [4.78, 5) is 18.8. The summed E-state index contributed by atoms with van der Waals surface area (Å²) in [6, 6.07) is 0.0281. The van der Waals surface area contributed by atoms with Gasteiger partial charge in [0.25, 0.3) is 0 Å². The van der Waals surface area contributed by atoms with E-state index in [1.807, 2.05) is 30.6 Å². The Balaban J connectivity index is 2.30. The van der Waals surface area contributed by atoms with Crippen LogP contribution in [0.15, 0.2) is 24.3 Å². The highest BCUT2D eigenvalue weighted by Gasteiger charge is 2.33. The fourth-order valence-electron chi connectivity index (χ4n) is 2.79. The molecule has 0 unspecified atom stereocenters. The quantitative estimate of drug-likeness (QED) is 0.746. The van der Waals surface area contributed by atoms with E-state index in [1.165, 1.54) is 11.5 Å². The summed E-state index contributed by atoms with van der Waals surface area (Å²) in [5.74, 6) is 0. The molecule has 0 aliphatic carbocycles. The van der Waals surface area contributed by atoms with E-state index >= 15 is 0 Å². The lowest BCUT2D eigenvalue weighted by Gasteiger charge is -2.41. The summed E-state index contributed by atoms with van der Waals surface area (Å²) in [6.07, 6.45) is 0.884. The van der Waals surface area contributed by atoms with E-state index in [0.717, 1.165) is 40.4 Å². The second-order valence-electron chi connectivity index (χ2n) is 6.35. The Bertz CT molecular complexity index is 622. The van der Waals surface area contributed by atoms with Gasteiger partial charge in [-0.25, -0.2) is 4.79 Å². The SMILES string of the molecule is C=C(C)CN1CN(CC(=C)C)C(=O)N(c2snc(CC)c2C)C1. The van der Waals surface area contributed by atoms with Gasteiger partial charge in [0.05, 0.1) is 19.0 Å². The molecule has 1 aromatic heterocycles. The van der Waals surface area contributed by atoms with Gasteiger partial charge in [-0.2, -0.15) is 4.37 Å². The molecule has 0 saturated carbocycles. The topological polar surface area (TPSA) is 39.7 Å². The van der Waals surface area contributed by atoms with Gasteiger partial charge in [0.2, 0.25) is 0 Å². The molecular formula is C17H26N4OS. The van der Waals surface area contributed by atoms with Gasteiger partial charge in [-0.1, -0.05) is 31.2 Å². The zero-order valence-corrected chi connectivity index (χ0v) is 15.4. The van der Waals surface area contributed by atoms with Crippen LogP contribution in [-0.2, 0) is 6.42 Å². The number of nitrogens with zero attached hydrogens (tertiary/aromatic N) is 4. The van der Waals surface area contributed by atoms with Crippen LogP contribution in [0.5, 0.6) is 0 Å². The largest absolute Gasteiger partial charge is 0.327 e. The summed E-state index contributed by atoms with van der Waals surface area (Å²) >= 11 is 1.41. The first-order chi connectivity index (χ1) is 10.8. The zero-order chi connectivity index (χ0) is 17.1. The van der Waals surface area contributed by atoms with Crippen molar-refractivity contribution in [1.82, 2.24) is 14.2 Å². The molecule has 0 radical (unpaired) electrons. The number of anilines is 1. The molecule has 1 aliphatic rings. The third-order valence-electron chi connectivity index (χ3n) is 3.74. The van der Waals surface area contributed by atoms with Crippen molar-refractivity contribution in [3.63, 3.8) is 0 Å². The summed E-state index contributed by atoms with van der Waals surface area (Å²) < 4.78 is 4.49. The zero-order valence-electron chi connectivity index (χ0n) is 14.6. The second-order valence-corrected chi connectivity index (χ2v) is 7.10. The Morgan fingerprint density at radius 1 is 1.22 bits per heavy atom. The number of aromatic nitrogens is 1. The number of hydrogen-bond donors (Lipinski definition) is 0. The molecule has 0 aromatic carbocycles. The predicted octanol–water partition coefficient (Wildman–Crippen LogP) is 3.63. The number of aryl methyl sites for hydroxylation is 1. The van der Waals surface area contributed by atoms with Crippen molar-refractivity contribution < 1.29 is 4.79 Å². The van der Waals surface area contributed by atoms with Crippen LogP contribution < -0.4 is 4.90 Å². The number of carbonyl (C=O) groups is 1. The van der Waals surface area contributed by atoms with Crippen molar-refractivity contribution >= 4 is 22.6 Å². The molecule has 1 aliphatic heterocycles. The molecule has 6 heteroatoms. The van der Waals surface area contributed by atoms with E-state index in [0.29, 0.717) is 19.9 Å². The highest BCUT2D eigenvalue weighted by molar-refractivity contribution is 7.10. The van der Waals surface area contributed by atoms with Gasteiger partial charge in [-0.3, -0.25) is 9.80 Å².